The average molecular weight is 440 g/mol. The van der Waals surface area contributed by atoms with Gasteiger partial charge in [0.2, 0.25) is 5.91 Å². The largest absolute Gasteiger partial charge is 0.351 e. The summed E-state index contributed by atoms with van der Waals surface area (Å²) in [6.45, 7) is 1.93. The van der Waals surface area contributed by atoms with E-state index in [9.17, 15) is 18.4 Å². The maximum Gasteiger partial charge on any atom is 0.288 e. The van der Waals surface area contributed by atoms with Gasteiger partial charge in [-0.25, -0.2) is 4.98 Å². The lowest BCUT2D eigenvalue weighted by Gasteiger charge is -2.03. The summed E-state index contributed by atoms with van der Waals surface area (Å²) >= 11 is 3.25. The molecule has 28 heavy (non-hydrogen) atoms. The van der Waals surface area contributed by atoms with Crippen LogP contribution in [0.5, 0.6) is 0 Å². The topological polar surface area (TPSA) is 71.1 Å². The summed E-state index contributed by atoms with van der Waals surface area (Å²) in [6, 6.07) is 9.82. The lowest BCUT2D eigenvalue weighted by Crippen LogP contribution is -2.17. The maximum absolute atomic E-state index is 12.3. The van der Waals surface area contributed by atoms with Gasteiger partial charge in [0.25, 0.3) is 11.7 Å². The van der Waals surface area contributed by atoms with E-state index in [1.807, 2.05) is 17.5 Å². The van der Waals surface area contributed by atoms with Crippen LogP contribution in [0.25, 0.3) is 10.6 Å². The number of halogens is 2. The second-order valence-corrected chi connectivity index (χ2v) is 8.66. The first-order valence-electron chi connectivity index (χ1n) is 8.06. The van der Waals surface area contributed by atoms with Gasteiger partial charge in [0, 0.05) is 27.6 Å². The number of carbonyl (C=O) groups excluding carboxylic acids is 2. The second kappa shape index (κ2) is 9.26. The predicted molar refractivity (Wildman–Crippen MR) is 109 cm³/mol. The van der Waals surface area contributed by atoms with Crippen molar-refractivity contribution in [2.75, 3.05) is 5.32 Å². The number of carbonyl (C=O) groups is 2. The summed E-state index contributed by atoms with van der Waals surface area (Å²) in [5.74, 6) is -2.94. The predicted octanol–water partition coefficient (Wildman–Crippen LogP) is 5.07. The van der Waals surface area contributed by atoms with E-state index >= 15 is 0 Å². The molecule has 0 radical (unpaired) electrons. The number of nitrogens with one attached hydrogen (secondary N) is 2. The zero-order valence-electron chi connectivity index (χ0n) is 14.6. The van der Waals surface area contributed by atoms with E-state index in [-0.39, 0.29) is 11.8 Å². The van der Waals surface area contributed by atoms with Crippen molar-refractivity contribution in [2.24, 2.45) is 0 Å². The molecule has 0 bridgehead atoms. The van der Waals surface area contributed by atoms with Crippen molar-refractivity contribution in [3.8, 4) is 10.6 Å². The Balaban J connectivity index is 1.62. The van der Waals surface area contributed by atoms with Crippen molar-refractivity contribution in [1.29, 1.82) is 0 Å². The number of anilines is 1. The Morgan fingerprint density at radius 3 is 2.61 bits per heavy atom. The minimum absolute atomic E-state index is 0.0885. The van der Waals surface area contributed by atoms with E-state index in [2.05, 4.69) is 15.6 Å². The third-order valence-electron chi connectivity index (χ3n) is 3.49. The number of hydrogen-bond acceptors (Lipinski definition) is 6. The number of nitrogens with zero attached hydrogens (tertiary/aromatic N) is 1. The number of rotatable bonds is 7. The number of thiazole rings is 1. The molecule has 2 aromatic heterocycles. The fourth-order valence-electron chi connectivity index (χ4n) is 2.22. The van der Waals surface area contributed by atoms with Gasteiger partial charge in [-0.1, -0.05) is 11.8 Å². The molecule has 0 aliphatic carbocycles. The van der Waals surface area contributed by atoms with Crippen LogP contribution in [-0.2, 0) is 11.3 Å². The zero-order chi connectivity index (χ0) is 20.1. The van der Waals surface area contributed by atoms with Crippen molar-refractivity contribution in [2.45, 2.75) is 24.1 Å². The molecule has 146 valence electrons. The summed E-state index contributed by atoms with van der Waals surface area (Å²) in [4.78, 5) is 30.1. The summed E-state index contributed by atoms with van der Waals surface area (Å²) in [6.07, 6.45) is 0. The first-order chi connectivity index (χ1) is 13.4. The third kappa shape index (κ3) is 5.60. The van der Waals surface area contributed by atoms with Gasteiger partial charge in [0.15, 0.2) is 5.13 Å². The molecule has 2 heterocycles. The molecule has 2 amide bonds. The lowest BCUT2D eigenvalue weighted by atomic mass is 10.2. The highest BCUT2D eigenvalue weighted by molar-refractivity contribution is 7.99. The molecule has 0 atom stereocenters. The van der Waals surface area contributed by atoms with Crippen LogP contribution in [0.2, 0.25) is 0 Å². The van der Waals surface area contributed by atoms with Gasteiger partial charge < -0.3 is 5.32 Å². The maximum atomic E-state index is 12.3. The van der Waals surface area contributed by atoms with Crippen molar-refractivity contribution in [3.63, 3.8) is 0 Å². The van der Waals surface area contributed by atoms with Crippen LogP contribution in [0.1, 0.15) is 22.2 Å². The molecule has 3 rings (SSSR count). The smallest absolute Gasteiger partial charge is 0.288 e. The Bertz CT molecular complexity index is 971. The molecule has 0 aliphatic rings. The van der Waals surface area contributed by atoms with E-state index in [1.54, 1.807) is 0 Å². The highest BCUT2D eigenvalue weighted by Crippen LogP contribution is 2.31. The lowest BCUT2D eigenvalue weighted by molar-refractivity contribution is -0.119. The van der Waals surface area contributed by atoms with Crippen LogP contribution in [0.3, 0.4) is 0 Å². The molecule has 3 aromatic rings. The molecule has 0 fully saturated rings. The monoisotopic (exact) mass is 439 g/mol. The van der Waals surface area contributed by atoms with E-state index in [0.29, 0.717) is 33.9 Å². The van der Waals surface area contributed by atoms with Gasteiger partial charge in [-0.2, -0.15) is 8.78 Å². The van der Waals surface area contributed by atoms with Crippen molar-refractivity contribution in [1.82, 2.24) is 10.3 Å². The molecule has 0 saturated heterocycles. The second-order valence-electron chi connectivity index (χ2n) is 5.57. The van der Waals surface area contributed by atoms with Gasteiger partial charge in [-0.15, -0.1) is 22.7 Å². The van der Waals surface area contributed by atoms with Gasteiger partial charge in [-0.3, -0.25) is 14.9 Å². The van der Waals surface area contributed by atoms with E-state index in [4.69, 9.17) is 0 Å². The minimum atomic E-state index is -2.50. The number of alkyl halides is 2. The number of benzene rings is 1. The van der Waals surface area contributed by atoms with Crippen molar-refractivity contribution < 1.29 is 18.4 Å². The number of amides is 2. The quantitative estimate of drug-likeness (QED) is 0.504. The molecule has 0 unspecified atom stereocenters. The van der Waals surface area contributed by atoms with Crippen molar-refractivity contribution >= 4 is 51.4 Å². The van der Waals surface area contributed by atoms with Crippen LogP contribution >= 0.6 is 34.4 Å². The Kier molecular flexibility index (Phi) is 6.76. The molecular weight excluding hydrogens is 424 g/mol. The Morgan fingerprint density at radius 1 is 1.18 bits per heavy atom. The standard InChI is InChI=1S/C18H15F2N3O2S3/c1-10(24)21-8-13-6-7-15(27-13)14-9-26-18(22-14)23-16(25)11-2-4-12(5-3-11)28-17(19)20/h2-7,9,17H,8H2,1H3,(H,21,24)(H,22,23,25). The van der Waals surface area contributed by atoms with Crippen LogP contribution in [0.15, 0.2) is 46.7 Å². The summed E-state index contributed by atoms with van der Waals surface area (Å²) < 4.78 is 24.7. The fraction of sp³-hybridized carbons (Fsp3) is 0.167. The summed E-state index contributed by atoms with van der Waals surface area (Å²) in [7, 11) is 0. The molecule has 0 saturated carbocycles. The van der Waals surface area contributed by atoms with Crippen LogP contribution in [0.4, 0.5) is 13.9 Å². The van der Waals surface area contributed by atoms with E-state index in [0.717, 1.165) is 15.4 Å². The van der Waals surface area contributed by atoms with Gasteiger partial charge in [0.05, 0.1) is 17.1 Å². The Labute approximate surface area is 172 Å². The number of thiophene rings is 1. The third-order valence-corrected chi connectivity index (χ3v) is 6.08. The number of hydrogen-bond donors (Lipinski definition) is 2. The van der Waals surface area contributed by atoms with Crippen LogP contribution < -0.4 is 10.6 Å². The minimum Gasteiger partial charge on any atom is -0.351 e. The first-order valence-corrected chi connectivity index (χ1v) is 10.6. The average Bonchev–Trinajstić information content (AvgIpc) is 3.29. The highest BCUT2D eigenvalue weighted by Gasteiger charge is 2.12. The Morgan fingerprint density at radius 2 is 1.93 bits per heavy atom. The molecule has 0 spiro atoms. The zero-order valence-corrected chi connectivity index (χ0v) is 17.0. The van der Waals surface area contributed by atoms with E-state index in [1.165, 1.54) is 53.9 Å². The van der Waals surface area contributed by atoms with Crippen LogP contribution in [0, 0.1) is 0 Å². The SMILES string of the molecule is CC(=O)NCc1ccc(-c2csc(NC(=O)c3ccc(SC(F)F)cc3)n2)s1. The Hall–Kier alpha value is -2.30. The molecule has 5 nitrogen and oxygen atoms in total. The number of aromatic nitrogens is 1. The molecule has 0 aliphatic heterocycles. The summed E-state index contributed by atoms with van der Waals surface area (Å²) in [5, 5.41) is 7.75. The van der Waals surface area contributed by atoms with Gasteiger partial charge in [-0.05, 0) is 36.4 Å². The van der Waals surface area contributed by atoms with Crippen molar-refractivity contribution in [3.05, 3.63) is 52.2 Å². The molecule has 10 heteroatoms. The summed E-state index contributed by atoms with van der Waals surface area (Å²) in [5.41, 5.74) is 1.10. The first kappa shape index (κ1) is 20.4. The normalized spacial score (nSPS) is 10.9. The van der Waals surface area contributed by atoms with Gasteiger partial charge in [0.1, 0.15) is 0 Å². The fourth-order valence-corrected chi connectivity index (χ4v) is 4.41. The molecule has 1 aromatic carbocycles. The highest BCUT2D eigenvalue weighted by atomic mass is 32.2. The van der Waals surface area contributed by atoms with Gasteiger partial charge >= 0.3 is 0 Å². The number of thioether (sulfide) groups is 1. The molecular formula is C18H15F2N3O2S3. The molecule has 2 N–H and O–H groups in total. The van der Waals surface area contributed by atoms with E-state index < -0.39 is 5.76 Å². The van der Waals surface area contributed by atoms with Crippen LogP contribution in [-0.4, -0.2) is 22.6 Å².